The molecule has 1 fully saturated rings. The predicted molar refractivity (Wildman–Crippen MR) is 129 cm³/mol. The Kier molecular flexibility index (Phi) is 7.23. The van der Waals surface area contributed by atoms with Crippen molar-refractivity contribution in [1.82, 2.24) is 9.62 Å². The molecule has 0 radical (unpaired) electrons. The summed E-state index contributed by atoms with van der Waals surface area (Å²) in [5.41, 5.74) is 2.26. The van der Waals surface area contributed by atoms with Gasteiger partial charge in [0.15, 0.2) is 6.10 Å². The van der Waals surface area contributed by atoms with Crippen LogP contribution in [0.15, 0.2) is 47.4 Å². The van der Waals surface area contributed by atoms with Crippen molar-refractivity contribution in [3.63, 3.8) is 0 Å². The zero-order chi connectivity index (χ0) is 24.3. The summed E-state index contributed by atoms with van der Waals surface area (Å²) in [6.45, 7) is 4.50. The summed E-state index contributed by atoms with van der Waals surface area (Å²) in [4.78, 5) is 24.6. The lowest BCUT2D eigenvalue weighted by molar-refractivity contribution is -0.126. The Labute approximate surface area is 200 Å². The van der Waals surface area contributed by atoms with E-state index in [0.29, 0.717) is 36.4 Å². The topological polar surface area (TPSA) is 105 Å². The fourth-order valence-electron chi connectivity index (χ4n) is 4.41. The highest BCUT2D eigenvalue weighted by Gasteiger charge is 2.34. The summed E-state index contributed by atoms with van der Waals surface area (Å²) < 4.78 is 33.7. The van der Waals surface area contributed by atoms with Gasteiger partial charge in [-0.2, -0.15) is 4.31 Å². The van der Waals surface area contributed by atoms with E-state index in [2.05, 4.69) is 22.8 Å². The van der Waals surface area contributed by atoms with E-state index < -0.39 is 16.1 Å². The molecule has 2 aliphatic heterocycles. The Morgan fingerprint density at radius 1 is 1.18 bits per heavy atom. The van der Waals surface area contributed by atoms with Crippen LogP contribution >= 0.6 is 0 Å². The molecule has 182 valence electrons. The van der Waals surface area contributed by atoms with E-state index in [1.54, 1.807) is 19.9 Å². The molecule has 4 rings (SSSR count). The van der Waals surface area contributed by atoms with Crippen LogP contribution in [0.4, 0.5) is 5.69 Å². The lowest BCUT2D eigenvalue weighted by Crippen LogP contribution is -2.43. The van der Waals surface area contributed by atoms with Crippen LogP contribution in [-0.4, -0.2) is 50.3 Å². The van der Waals surface area contributed by atoms with Gasteiger partial charge in [0.25, 0.3) is 5.91 Å². The lowest BCUT2D eigenvalue weighted by Gasteiger charge is -2.31. The molecule has 2 aliphatic rings. The van der Waals surface area contributed by atoms with Crippen molar-refractivity contribution in [2.45, 2.75) is 50.5 Å². The second-order valence-electron chi connectivity index (χ2n) is 8.92. The van der Waals surface area contributed by atoms with Crippen LogP contribution in [0.5, 0.6) is 5.75 Å². The number of carbonyl (C=O) groups is 2. The summed E-state index contributed by atoms with van der Waals surface area (Å²) in [5.74, 6) is -0.107. The zero-order valence-corrected chi connectivity index (χ0v) is 20.4. The molecule has 2 aromatic carbocycles. The minimum Gasteiger partial charge on any atom is -0.479 e. The van der Waals surface area contributed by atoms with E-state index in [-0.39, 0.29) is 35.7 Å². The monoisotopic (exact) mass is 485 g/mol. The van der Waals surface area contributed by atoms with Crippen molar-refractivity contribution >= 4 is 27.5 Å². The molecule has 0 bridgehead atoms. The zero-order valence-electron chi connectivity index (χ0n) is 19.5. The van der Waals surface area contributed by atoms with Crippen molar-refractivity contribution in [2.75, 3.05) is 25.0 Å². The first-order chi connectivity index (χ1) is 16.3. The first-order valence-corrected chi connectivity index (χ1v) is 13.1. The van der Waals surface area contributed by atoms with Crippen molar-refractivity contribution in [2.24, 2.45) is 5.92 Å². The van der Waals surface area contributed by atoms with E-state index in [0.717, 1.165) is 12.8 Å². The van der Waals surface area contributed by atoms with Crippen molar-refractivity contribution in [3.05, 3.63) is 53.6 Å². The number of hydrogen-bond acceptors (Lipinski definition) is 5. The van der Waals surface area contributed by atoms with Gasteiger partial charge < -0.3 is 15.4 Å². The van der Waals surface area contributed by atoms with Crippen LogP contribution in [0.25, 0.3) is 0 Å². The Bertz CT molecular complexity index is 1160. The molecule has 1 atom stereocenters. The smallest absolute Gasteiger partial charge is 0.265 e. The number of hydrogen-bond donors (Lipinski definition) is 2. The number of carbonyl (C=O) groups excluding carboxylic acids is 2. The second-order valence-corrected chi connectivity index (χ2v) is 10.8. The molecule has 9 heteroatoms. The number of benzene rings is 2. The number of nitrogens with one attached hydrogen (secondary N) is 2. The van der Waals surface area contributed by atoms with Gasteiger partial charge in [0.1, 0.15) is 5.75 Å². The Morgan fingerprint density at radius 2 is 1.88 bits per heavy atom. The lowest BCUT2D eigenvalue weighted by atomic mass is 9.97. The van der Waals surface area contributed by atoms with Crippen molar-refractivity contribution in [1.29, 1.82) is 0 Å². The molecule has 0 aromatic heterocycles. The van der Waals surface area contributed by atoms with E-state index in [1.165, 1.54) is 15.9 Å². The van der Waals surface area contributed by atoms with Gasteiger partial charge in [-0.1, -0.05) is 30.3 Å². The summed E-state index contributed by atoms with van der Waals surface area (Å²) in [6, 6.07) is 13.3. The molecule has 8 nitrogen and oxygen atoms in total. The summed E-state index contributed by atoms with van der Waals surface area (Å²) in [7, 11) is -3.75. The Morgan fingerprint density at radius 3 is 2.59 bits per heavy atom. The van der Waals surface area contributed by atoms with E-state index in [1.807, 2.05) is 18.2 Å². The van der Waals surface area contributed by atoms with Crippen LogP contribution < -0.4 is 15.4 Å². The molecule has 1 saturated heterocycles. The molecule has 2 aromatic rings. The number of ether oxygens (including phenoxy) is 1. The average Bonchev–Trinajstić information content (AvgIpc) is 2.83. The highest BCUT2D eigenvalue weighted by Crippen LogP contribution is 2.36. The second kappa shape index (κ2) is 10.1. The standard InChI is InChI=1S/C25H31N3O5S/c1-17-15-21-22(33-18(2)24(29)27-21)16-23(17)34(31,32)28-13-10-20(11-14-28)25(30)26-12-6-9-19-7-4-3-5-8-19/h3-5,7-8,15-16,18,20H,6,9-14H2,1-2H3,(H,26,30)(H,27,29). The molecule has 0 spiro atoms. The number of piperidine rings is 1. The highest BCUT2D eigenvalue weighted by atomic mass is 32.2. The van der Waals surface area contributed by atoms with Gasteiger partial charge in [0, 0.05) is 31.6 Å². The Hall–Kier alpha value is -2.91. The molecular weight excluding hydrogens is 454 g/mol. The average molecular weight is 486 g/mol. The van der Waals surface area contributed by atoms with E-state index >= 15 is 0 Å². The van der Waals surface area contributed by atoms with Gasteiger partial charge in [-0.3, -0.25) is 9.59 Å². The first kappa shape index (κ1) is 24.2. The number of rotatable bonds is 7. The largest absolute Gasteiger partial charge is 0.479 e. The molecule has 2 heterocycles. The minimum absolute atomic E-state index is 0.00630. The van der Waals surface area contributed by atoms with Gasteiger partial charge in [0.05, 0.1) is 10.6 Å². The maximum Gasteiger partial charge on any atom is 0.265 e. The molecule has 0 saturated carbocycles. The summed E-state index contributed by atoms with van der Waals surface area (Å²) >= 11 is 0. The fraction of sp³-hybridized carbons (Fsp3) is 0.440. The SMILES string of the molecule is Cc1cc2c(cc1S(=O)(=O)N1CCC(C(=O)NCCCc3ccccc3)CC1)OC(C)C(=O)N2. The number of nitrogens with zero attached hydrogens (tertiary/aromatic N) is 1. The third-order valence-corrected chi connectivity index (χ3v) is 8.48. The molecular formula is C25H31N3O5S. The molecule has 0 aliphatic carbocycles. The first-order valence-electron chi connectivity index (χ1n) is 11.7. The third-order valence-electron chi connectivity index (χ3n) is 6.43. The quantitative estimate of drug-likeness (QED) is 0.587. The molecule has 1 unspecified atom stereocenters. The van der Waals surface area contributed by atoms with E-state index in [9.17, 15) is 18.0 Å². The highest BCUT2D eigenvalue weighted by molar-refractivity contribution is 7.89. The molecule has 2 N–H and O–H groups in total. The molecule has 2 amide bonds. The Balaban J connectivity index is 1.32. The van der Waals surface area contributed by atoms with E-state index in [4.69, 9.17) is 4.74 Å². The number of anilines is 1. The van der Waals surface area contributed by atoms with Gasteiger partial charge >= 0.3 is 0 Å². The van der Waals surface area contributed by atoms with Crippen LogP contribution in [0.1, 0.15) is 37.3 Å². The van der Waals surface area contributed by atoms with Gasteiger partial charge in [-0.05, 0) is 56.7 Å². The predicted octanol–water partition coefficient (Wildman–Crippen LogP) is 2.86. The van der Waals surface area contributed by atoms with Gasteiger partial charge in [-0.15, -0.1) is 0 Å². The number of fused-ring (bicyclic) bond motifs is 1. The third kappa shape index (κ3) is 5.26. The molecule has 34 heavy (non-hydrogen) atoms. The maximum absolute atomic E-state index is 13.3. The number of aryl methyl sites for hydroxylation is 2. The summed E-state index contributed by atoms with van der Waals surface area (Å²) in [5, 5.41) is 5.74. The minimum atomic E-state index is -3.75. The van der Waals surface area contributed by atoms with Crippen LogP contribution in [0.2, 0.25) is 0 Å². The van der Waals surface area contributed by atoms with Crippen molar-refractivity contribution in [3.8, 4) is 5.75 Å². The summed E-state index contributed by atoms with van der Waals surface area (Å²) in [6.07, 6.45) is 2.05. The maximum atomic E-state index is 13.3. The number of sulfonamides is 1. The van der Waals surface area contributed by atoms with Gasteiger partial charge in [0.2, 0.25) is 15.9 Å². The van der Waals surface area contributed by atoms with Gasteiger partial charge in [-0.25, -0.2) is 8.42 Å². The van der Waals surface area contributed by atoms with Crippen LogP contribution in [0, 0.1) is 12.8 Å². The van der Waals surface area contributed by atoms with Crippen LogP contribution in [0.3, 0.4) is 0 Å². The number of amides is 2. The van der Waals surface area contributed by atoms with Crippen molar-refractivity contribution < 1.29 is 22.7 Å². The van der Waals surface area contributed by atoms with Crippen LogP contribution in [-0.2, 0) is 26.0 Å². The normalized spacial score (nSPS) is 19.1. The fourth-order valence-corrected chi connectivity index (χ4v) is 6.10.